The predicted octanol–water partition coefficient (Wildman–Crippen LogP) is 5.59. The first-order chi connectivity index (χ1) is 18.5. The fourth-order valence-corrected chi connectivity index (χ4v) is 3.89. The lowest BCUT2D eigenvalue weighted by molar-refractivity contribution is -0.131. The normalized spacial score (nSPS) is 12.6. The number of anilines is 1. The zero-order valence-electron chi connectivity index (χ0n) is 20.4. The minimum absolute atomic E-state index is 0.0827. The number of carboxylic acids is 1. The van der Waals surface area contributed by atoms with E-state index in [9.17, 15) is 14.7 Å². The highest BCUT2D eigenvalue weighted by Crippen LogP contribution is 2.30. The van der Waals surface area contributed by atoms with Gasteiger partial charge in [0.1, 0.15) is 18.1 Å². The summed E-state index contributed by atoms with van der Waals surface area (Å²) >= 11 is 0. The van der Waals surface area contributed by atoms with Gasteiger partial charge in [-0.15, -0.1) is 0 Å². The Balaban J connectivity index is 1.68. The van der Waals surface area contributed by atoms with Crippen molar-refractivity contribution in [2.45, 2.75) is 12.2 Å². The fourth-order valence-electron chi connectivity index (χ4n) is 3.89. The second-order valence-electron chi connectivity index (χ2n) is 8.22. The van der Waals surface area contributed by atoms with Gasteiger partial charge in [-0.05, 0) is 41.8 Å². The molecular weight excluding hydrogens is 486 g/mol. The van der Waals surface area contributed by atoms with Gasteiger partial charge in [0.15, 0.2) is 12.2 Å². The number of rotatable bonds is 11. The summed E-state index contributed by atoms with van der Waals surface area (Å²) in [5, 5.41) is 23.0. The molecule has 0 bridgehead atoms. The average Bonchev–Trinajstić information content (AvgIpc) is 2.94. The van der Waals surface area contributed by atoms with E-state index in [0.29, 0.717) is 22.7 Å². The van der Waals surface area contributed by atoms with E-state index in [-0.39, 0.29) is 13.2 Å². The highest BCUT2D eigenvalue weighted by atomic mass is 16.6. The molecule has 0 radical (unpaired) electrons. The van der Waals surface area contributed by atoms with Crippen molar-refractivity contribution in [3.63, 3.8) is 0 Å². The highest BCUT2D eigenvalue weighted by Gasteiger charge is 2.28. The van der Waals surface area contributed by atoms with Crippen LogP contribution in [0.1, 0.15) is 11.7 Å². The minimum Gasteiger partial charge on any atom is -0.491 e. The zero-order valence-corrected chi connectivity index (χ0v) is 20.4. The van der Waals surface area contributed by atoms with E-state index in [4.69, 9.17) is 19.3 Å². The van der Waals surface area contributed by atoms with Gasteiger partial charge in [-0.2, -0.15) is 0 Å². The molecule has 0 saturated carbocycles. The summed E-state index contributed by atoms with van der Waals surface area (Å²) in [7, 11) is 0. The van der Waals surface area contributed by atoms with Crippen molar-refractivity contribution in [1.29, 1.82) is 0 Å². The summed E-state index contributed by atoms with van der Waals surface area (Å²) in [5.41, 5.74) is 1.07. The Labute approximate surface area is 219 Å². The number of aliphatic hydroxyl groups excluding tert-OH is 1. The second-order valence-corrected chi connectivity index (χ2v) is 8.22. The molecule has 0 aromatic heterocycles. The molecule has 8 nitrogen and oxygen atoms in total. The molecule has 0 fully saturated rings. The third-order valence-corrected chi connectivity index (χ3v) is 5.55. The van der Waals surface area contributed by atoms with Gasteiger partial charge in [-0.1, -0.05) is 66.7 Å². The standard InChI is InChI=1S/C30H27NO7/c32-18-19-36-24-13-6-10-22(20-24)29(27(16-17-28(33)34)37-23-11-2-1-3-12-23)38-30(35)31-26-15-7-9-21-8-4-5-14-25(21)26/h1-17,20,27,29,32H,18-19H2,(H,31,35)(H,33,34)/b17-16+/t27-,29-/m1/s1. The van der Waals surface area contributed by atoms with Gasteiger partial charge >= 0.3 is 12.1 Å². The Morgan fingerprint density at radius 3 is 2.37 bits per heavy atom. The molecule has 38 heavy (non-hydrogen) atoms. The van der Waals surface area contributed by atoms with Crippen LogP contribution in [0.2, 0.25) is 0 Å². The van der Waals surface area contributed by atoms with Crippen LogP contribution in [0.5, 0.6) is 11.5 Å². The monoisotopic (exact) mass is 513 g/mol. The maximum atomic E-state index is 13.2. The van der Waals surface area contributed by atoms with Gasteiger partial charge in [0.2, 0.25) is 0 Å². The van der Waals surface area contributed by atoms with E-state index >= 15 is 0 Å². The molecule has 4 aromatic carbocycles. The number of amides is 1. The van der Waals surface area contributed by atoms with E-state index in [1.807, 2.05) is 42.5 Å². The number of nitrogens with one attached hydrogen (secondary N) is 1. The smallest absolute Gasteiger partial charge is 0.412 e. The van der Waals surface area contributed by atoms with Gasteiger partial charge in [-0.25, -0.2) is 9.59 Å². The molecule has 8 heteroatoms. The van der Waals surface area contributed by atoms with E-state index in [1.165, 1.54) is 6.08 Å². The van der Waals surface area contributed by atoms with Crippen LogP contribution in [0.4, 0.5) is 10.5 Å². The van der Waals surface area contributed by atoms with Crippen LogP contribution in [0.15, 0.2) is 109 Å². The van der Waals surface area contributed by atoms with Gasteiger partial charge < -0.3 is 24.4 Å². The molecule has 0 aliphatic rings. The Morgan fingerprint density at radius 1 is 0.868 bits per heavy atom. The first-order valence-electron chi connectivity index (χ1n) is 12.0. The van der Waals surface area contributed by atoms with E-state index in [1.54, 1.807) is 54.6 Å². The number of carbonyl (C=O) groups excluding carboxylic acids is 1. The quantitative estimate of drug-likeness (QED) is 0.224. The number of ether oxygens (including phenoxy) is 3. The fraction of sp³-hybridized carbons (Fsp3) is 0.133. The van der Waals surface area contributed by atoms with Crippen LogP contribution in [0, 0.1) is 0 Å². The number of fused-ring (bicyclic) bond motifs is 1. The number of aliphatic carboxylic acids is 1. The molecule has 1 amide bonds. The molecule has 0 spiro atoms. The Bertz CT molecular complexity index is 1400. The summed E-state index contributed by atoms with van der Waals surface area (Å²) in [4.78, 5) is 24.6. The molecule has 0 saturated heterocycles. The first kappa shape index (κ1) is 26.2. The third-order valence-electron chi connectivity index (χ3n) is 5.55. The third kappa shape index (κ3) is 7.11. The summed E-state index contributed by atoms with van der Waals surface area (Å²) < 4.78 is 17.5. The summed E-state index contributed by atoms with van der Waals surface area (Å²) in [5.74, 6) is -0.269. The van der Waals surface area contributed by atoms with Crippen LogP contribution in [-0.2, 0) is 9.53 Å². The number of hydrogen-bond acceptors (Lipinski definition) is 6. The van der Waals surface area contributed by atoms with Crippen molar-refractivity contribution in [2.75, 3.05) is 18.5 Å². The highest BCUT2D eigenvalue weighted by molar-refractivity contribution is 6.00. The van der Waals surface area contributed by atoms with Crippen molar-refractivity contribution in [3.05, 3.63) is 115 Å². The molecule has 3 N–H and O–H groups in total. The number of carbonyl (C=O) groups is 2. The number of para-hydroxylation sites is 1. The summed E-state index contributed by atoms with van der Waals surface area (Å²) in [6.45, 7) is -0.0852. The molecule has 2 atom stereocenters. The molecule has 0 unspecified atom stereocenters. The molecule has 4 aromatic rings. The van der Waals surface area contributed by atoms with Gasteiger partial charge in [-0.3, -0.25) is 5.32 Å². The number of hydrogen-bond donors (Lipinski definition) is 3. The maximum absolute atomic E-state index is 13.2. The topological polar surface area (TPSA) is 114 Å². The number of benzene rings is 4. The maximum Gasteiger partial charge on any atom is 0.412 e. The largest absolute Gasteiger partial charge is 0.491 e. The van der Waals surface area contributed by atoms with Crippen LogP contribution < -0.4 is 14.8 Å². The Hall–Kier alpha value is -4.82. The Morgan fingerprint density at radius 2 is 1.58 bits per heavy atom. The van der Waals surface area contributed by atoms with Crippen molar-refractivity contribution >= 4 is 28.5 Å². The van der Waals surface area contributed by atoms with Gasteiger partial charge in [0.05, 0.1) is 12.3 Å². The van der Waals surface area contributed by atoms with Crippen molar-refractivity contribution in [1.82, 2.24) is 0 Å². The first-order valence-corrected chi connectivity index (χ1v) is 12.0. The van der Waals surface area contributed by atoms with E-state index in [2.05, 4.69) is 5.32 Å². The van der Waals surface area contributed by atoms with Gasteiger partial charge in [0, 0.05) is 17.0 Å². The number of carboxylic acid groups (broad SMARTS) is 1. The Kier molecular flexibility index (Phi) is 8.93. The van der Waals surface area contributed by atoms with Crippen molar-refractivity contribution in [2.24, 2.45) is 0 Å². The molecule has 0 aliphatic carbocycles. The van der Waals surface area contributed by atoms with Crippen molar-refractivity contribution in [3.8, 4) is 11.5 Å². The van der Waals surface area contributed by atoms with Crippen LogP contribution >= 0.6 is 0 Å². The van der Waals surface area contributed by atoms with E-state index < -0.39 is 24.3 Å². The molecule has 4 rings (SSSR count). The summed E-state index contributed by atoms with van der Waals surface area (Å²) in [6, 6.07) is 28.7. The molecule has 0 aliphatic heterocycles. The lowest BCUT2D eigenvalue weighted by atomic mass is 10.0. The average molecular weight is 514 g/mol. The lowest BCUT2D eigenvalue weighted by Crippen LogP contribution is -2.30. The van der Waals surface area contributed by atoms with Crippen LogP contribution in [0.3, 0.4) is 0 Å². The van der Waals surface area contributed by atoms with Crippen molar-refractivity contribution < 1.29 is 34.0 Å². The molecule has 0 heterocycles. The van der Waals surface area contributed by atoms with E-state index in [0.717, 1.165) is 16.8 Å². The minimum atomic E-state index is -1.18. The zero-order chi connectivity index (χ0) is 26.7. The summed E-state index contributed by atoms with van der Waals surface area (Å²) in [6.07, 6.45) is -0.540. The molecular formula is C30H27NO7. The second kappa shape index (κ2) is 12.9. The number of aliphatic hydroxyl groups is 1. The van der Waals surface area contributed by atoms with Crippen LogP contribution in [-0.4, -0.2) is 41.6 Å². The van der Waals surface area contributed by atoms with Gasteiger partial charge in [0.25, 0.3) is 0 Å². The predicted molar refractivity (Wildman–Crippen MR) is 143 cm³/mol. The molecule has 194 valence electrons. The van der Waals surface area contributed by atoms with Crippen LogP contribution in [0.25, 0.3) is 10.8 Å². The SMILES string of the molecule is O=C(O)/C=C/[C@@H](Oc1ccccc1)[C@H](OC(=O)Nc1cccc2ccccc12)c1cccc(OCCO)c1. The lowest BCUT2D eigenvalue weighted by Gasteiger charge is -2.26.